The molecule has 1 aliphatic heterocycles. The molecule has 0 saturated carbocycles. The first-order chi connectivity index (χ1) is 23.7. The van der Waals surface area contributed by atoms with E-state index in [4.69, 9.17) is 9.72 Å². The number of anilines is 3. The number of hydrogen-bond acceptors (Lipinski definition) is 6. The van der Waals surface area contributed by atoms with Gasteiger partial charge >= 0.3 is 0 Å². The number of ether oxygens (including phenoxy) is 1. The maximum atomic E-state index is 15.8. The molecule has 49 heavy (non-hydrogen) atoms. The van der Waals surface area contributed by atoms with Gasteiger partial charge < -0.3 is 24.8 Å². The van der Waals surface area contributed by atoms with Crippen molar-refractivity contribution in [1.29, 1.82) is 0 Å². The number of nitrogens with zero attached hydrogens (tertiary/aromatic N) is 3. The van der Waals surface area contributed by atoms with Crippen LogP contribution in [0.4, 0.5) is 25.8 Å². The Hall–Kier alpha value is -5.09. The molecule has 3 heterocycles. The van der Waals surface area contributed by atoms with E-state index in [2.05, 4.69) is 15.5 Å². The number of halogens is 2. The van der Waals surface area contributed by atoms with Gasteiger partial charge in [0.25, 0.3) is 5.56 Å². The second-order valence-electron chi connectivity index (χ2n) is 12.7. The highest BCUT2D eigenvalue weighted by atomic mass is 19.1. The predicted molar refractivity (Wildman–Crippen MR) is 191 cm³/mol. The van der Waals surface area contributed by atoms with E-state index in [9.17, 15) is 9.59 Å². The monoisotopic (exact) mass is 665 g/mol. The fourth-order valence-electron chi connectivity index (χ4n) is 6.45. The van der Waals surface area contributed by atoms with Crippen molar-refractivity contribution in [3.05, 3.63) is 112 Å². The SMILES string of the molecule is CCCC(CC)C(=O)Nc1ccc(-c2cc(Nc3cc4c(cc3F)CCN(C)C4)c3c(=O)n(Cc4ccc(OC)cc4)ccc3n2)c(F)c1. The first-order valence-corrected chi connectivity index (χ1v) is 16.7. The molecule has 0 bridgehead atoms. The van der Waals surface area contributed by atoms with Crippen LogP contribution in [-0.2, 0) is 24.3 Å². The Morgan fingerprint density at radius 1 is 0.980 bits per heavy atom. The lowest BCUT2D eigenvalue weighted by Crippen LogP contribution is -2.26. The predicted octanol–water partition coefficient (Wildman–Crippen LogP) is 7.89. The van der Waals surface area contributed by atoms with Crippen LogP contribution in [0.25, 0.3) is 22.2 Å². The molecule has 254 valence electrons. The molecule has 5 aromatic rings. The Morgan fingerprint density at radius 2 is 1.78 bits per heavy atom. The Balaban J connectivity index is 1.42. The van der Waals surface area contributed by atoms with E-state index >= 15 is 8.78 Å². The molecule has 0 radical (unpaired) electrons. The number of carbonyl (C=O) groups excluding carboxylic acids is 1. The molecule has 6 rings (SSSR count). The van der Waals surface area contributed by atoms with Gasteiger partial charge in [-0.15, -0.1) is 0 Å². The summed E-state index contributed by atoms with van der Waals surface area (Å²) < 4.78 is 38.2. The number of carbonyl (C=O) groups is 1. The van der Waals surface area contributed by atoms with Crippen molar-refractivity contribution in [3.63, 3.8) is 0 Å². The van der Waals surface area contributed by atoms with Crippen LogP contribution in [0, 0.1) is 17.6 Å². The number of amides is 1. The average Bonchev–Trinajstić information content (AvgIpc) is 3.09. The van der Waals surface area contributed by atoms with Crippen molar-refractivity contribution in [2.75, 3.05) is 31.3 Å². The summed E-state index contributed by atoms with van der Waals surface area (Å²) in [4.78, 5) is 33.7. The van der Waals surface area contributed by atoms with Crippen LogP contribution in [0.3, 0.4) is 0 Å². The molecule has 3 aromatic carbocycles. The highest BCUT2D eigenvalue weighted by Crippen LogP contribution is 2.34. The smallest absolute Gasteiger partial charge is 0.262 e. The largest absolute Gasteiger partial charge is 0.497 e. The summed E-state index contributed by atoms with van der Waals surface area (Å²) in [6.07, 6.45) is 4.72. The average molecular weight is 666 g/mol. The summed E-state index contributed by atoms with van der Waals surface area (Å²) in [6.45, 7) is 5.80. The Bertz CT molecular complexity index is 2060. The van der Waals surface area contributed by atoms with Crippen LogP contribution in [0.2, 0.25) is 0 Å². The standard InChI is InChI=1S/C39H41F2N5O3/c1-5-7-25(6-2)38(47)42-28-10-13-30(31(40)20-28)34-21-36(44-35-19-27-23-45(3)16-14-26(27)18-32(35)41)37-33(43-34)15-17-46(39(37)48)22-24-8-11-29(49-4)12-9-24/h8-13,15,17-21,25H,5-7,14,16,22-23H2,1-4H3,(H,42,47)(H,43,44). The van der Waals surface area contributed by atoms with Crippen molar-refractivity contribution >= 4 is 33.9 Å². The number of hydrogen-bond donors (Lipinski definition) is 2. The highest BCUT2D eigenvalue weighted by Gasteiger charge is 2.21. The van der Waals surface area contributed by atoms with Gasteiger partial charge in [0.15, 0.2) is 0 Å². The Kier molecular flexibility index (Phi) is 10.1. The van der Waals surface area contributed by atoms with Crippen LogP contribution in [0.15, 0.2) is 77.7 Å². The number of aromatic nitrogens is 2. The highest BCUT2D eigenvalue weighted by molar-refractivity contribution is 5.95. The lowest BCUT2D eigenvalue weighted by molar-refractivity contribution is -0.120. The number of nitrogens with one attached hydrogen (secondary N) is 2. The number of pyridine rings is 2. The summed E-state index contributed by atoms with van der Waals surface area (Å²) in [5.41, 5.74) is 4.15. The summed E-state index contributed by atoms with van der Waals surface area (Å²) in [5, 5.41) is 6.27. The first-order valence-electron chi connectivity index (χ1n) is 16.7. The number of benzene rings is 3. The minimum Gasteiger partial charge on any atom is -0.497 e. The van der Waals surface area contributed by atoms with Gasteiger partial charge in [-0.25, -0.2) is 13.8 Å². The molecule has 1 unspecified atom stereocenters. The third kappa shape index (κ3) is 7.34. The fourth-order valence-corrected chi connectivity index (χ4v) is 6.45. The van der Waals surface area contributed by atoms with Crippen molar-refractivity contribution in [3.8, 4) is 17.0 Å². The van der Waals surface area contributed by atoms with Crippen molar-refractivity contribution in [2.45, 2.75) is 52.6 Å². The quantitative estimate of drug-likeness (QED) is 0.149. The summed E-state index contributed by atoms with van der Waals surface area (Å²) in [6, 6.07) is 18.5. The van der Waals surface area contributed by atoms with Crippen molar-refractivity contribution in [1.82, 2.24) is 14.5 Å². The maximum Gasteiger partial charge on any atom is 0.262 e. The number of fused-ring (bicyclic) bond motifs is 2. The second kappa shape index (κ2) is 14.6. The van der Waals surface area contributed by atoms with E-state index in [0.29, 0.717) is 42.2 Å². The molecule has 2 aromatic heterocycles. The van der Waals surface area contributed by atoms with Crippen LogP contribution in [0.5, 0.6) is 5.75 Å². The second-order valence-corrected chi connectivity index (χ2v) is 12.7. The molecule has 1 amide bonds. The van der Waals surface area contributed by atoms with Gasteiger partial charge in [-0.05, 0) is 97.6 Å². The van der Waals surface area contributed by atoms with Gasteiger partial charge in [-0.3, -0.25) is 9.59 Å². The molecule has 0 spiro atoms. The minimum atomic E-state index is -0.588. The molecule has 1 aliphatic rings. The zero-order valence-corrected chi connectivity index (χ0v) is 28.3. The Labute approximate surface area is 284 Å². The van der Waals surface area contributed by atoms with E-state index in [1.54, 1.807) is 54.3 Å². The van der Waals surface area contributed by atoms with Gasteiger partial charge in [0.05, 0.1) is 41.6 Å². The van der Waals surface area contributed by atoms with E-state index in [1.165, 1.54) is 6.07 Å². The van der Waals surface area contributed by atoms with E-state index in [-0.39, 0.29) is 39.7 Å². The fraction of sp³-hybridized carbons (Fsp3) is 0.308. The molecular formula is C39H41F2N5O3. The zero-order valence-electron chi connectivity index (χ0n) is 28.3. The molecule has 0 saturated heterocycles. The third-order valence-electron chi connectivity index (χ3n) is 9.22. The number of methoxy groups -OCH3 is 1. The van der Waals surface area contributed by atoms with Crippen LogP contribution < -0.4 is 20.9 Å². The number of rotatable bonds is 11. The molecular weight excluding hydrogens is 624 g/mol. The van der Waals surface area contributed by atoms with Crippen LogP contribution >= 0.6 is 0 Å². The van der Waals surface area contributed by atoms with Gasteiger partial charge in [0.2, 0.25) is 5.91 Å². The zero-order chi connectivity index (χ0) is 34.7. The summed E-state index contributed by atoms with van der Waals surface area (Å²) in [7, 11) is 3.61. The summed E-state index contributed by atoms with van der Waals surface area (Å²) >= 11 is 0. The maximum absolute atomic E-state index is 15.8. The molecule has 10 heteroatoms. The third-order valence-corrected chi connectivity index (χ3v) is 9.22. The lowest BCUT2D eigenvalue weighted by Gasteiger charge is -2.26. The van der Waals surface area contributed by atoms with Gasteiger partial charge in [0, 0.05) is 36.5 Å². The molecule has 0 fully saturated rings. The molecule has 0 aliphatic carbocycles. The number of likely N-dealkylation sites (N-methyl/N-ethyl adjacent to an activating group) is 1. The normalized spacial score (nSPS) is 13.6. The first kappa shape index (κ1) is 33.8. The van der Waals surface area contributed by atoms with Gasteiger partial charge in [-0.2, -0.15) is 0 Å². The van der Waals surface area contributed by atoms with Gasteiger partial charge in [0.1, 0.15) is 17.4 Å². The Morgan fingerprint density at radius 3 is 2.49 bits per heavy atom. The van der Waals surface area contributed by atoms with E-state index < -0.39 is 11.6 Å². The minimum absolute atomic E-state index is 0.143. The van der Waals surface area contributed by atoms with Gasteiger partial charge in [-0.1, -0.05) is 32.4 Å². The topological polar surface area (TPSA) is 88.5 Å². The lowest BCUT2D eigenvalue weighted by atomic mass is 9.99. The van der Waals surface area contributed by atoms with E-state index in [0.717, 1.165) is 42.5 Å². The molecule has 2 N–H and O–H groups in total. The summed E-state index contributed by atoms with van der Waals surface area (Å²) in [5.74, 6) is -0.614. The molecule has 1 atom stereocenters. The molecule has 8 nitrogen and oxygen atoms in total. The van der Waals surface area contributed by atoms with Crippen LogP contribution in [-0.4, -0.2) is 41.1 Å². The van der Waals surface area contributed by atoms with E-state index in [1.807, 2.05) is 45.2 Å². The van der Waals surface area contributed by atoms with Crippen LogP contribution in [0.1, 0.15) is 49.8 Å². The van der Waals surface area contributed by atoms with Crippen molar-refractivity contribution in [2.24, 2.45) is 5.92 Å². The van der Waals surface area contributed by atoms with Crippen molar-refractivity contribution < 1.29 is 18.3 Å².